The van der Waals surface area contributed by atoms with Gasteiger partial charge in [0, 0.05) is 18.0 Å². The molecule has 0 saturated carbocycles. The molecule has 3 rings (SSSR count). The summed E-state index contributed by atoms with van der Waals surface area (Å²) in [7, 11) is 0. The Morgan fingerprint density at radius 3 is 2.88 bits per heavy atom. The number of nitrogens with one attached hydrogen (secondary N) is 1. The lowest BCUT2D eigenvalue weighted by Gasteiger charge is -2.11. The van der Waals surface area contributed by atoms with Crippen LogP contribution in [0.25, 0.3) is 11.1 Å². The van der Waals surface area contributed by atoms with Crippen molar-refractivity contribution in [3.63, 3.8) is 0 Å². The molecule has 0 aliphatic carbocycles. The van der Waals surface area contributed by atoms with Gasteiger partial charge in [0.15, 0.2) is 5.58 Å². The van der Waals surface area contributed by atoms with Crippen LogP contribution in [0.5, 0.6) is 5.75 Å². The van der Waals surface area contributed by atoms with Gasteiger partial charge in [0.25, 0.3) is 0 Å². The molecule has 0 bridgehead atoms. The van der Waals surface area contributed by atoms with E-state index in [9.17, 15) is 9.59 Å². The van der Waals surface area contributed by atoms with Gasteiger partial charge in [0.1, 0.15) is 5.75 Å². The summed E-state index contributed by atoms with van der Waals surface area (Å²) in [4.78, 5) is 24.2. The first-order valence-corrected chi connectivity index (χ1v) is 8.27. The topological polar surface area (TPSA) is 73.5 Å². The summed E-state index contributed by atoms with van der Waals surface area (Å²) < 4.78 is 12.0. The fourth-order valence-corrected chi connectivity index (χ4v) is 2.69. The zero-order chi connectivity index (χ0) is 17.8. The third-order valence-electron chi connectivity index (χ3n) is 3.65. The molecule has 1 amide bonds. The highest BCUT2D eigenvalue weighted by molar-refractivity contribution is 6.31. The number of oxazole rings is 1. The number of amides is 1. The molecule has 1 N–H and O–H groups in total. The number of ether oxygens (including phenoxy) is 1. The Bertz CT molecular complexity index is 961. The lowest BCUT2D eigenvalue weighted by atomic mass is 10.2. The second-order valence-corrected chi connectivity index (χ2v) is 5.80. The third kappa shape index (κ3) is 3.85. The van der Waals surface area contributed by atoms with Crippen LogP contribution in [0, 0.1) is 0 Å². The Hall–Kier alpha value is -2.73. The molecule has 1 heterocycles. The summed E-state index contributed by atoms with van der Waals surface area (Å²) in [5.41, 5.74) is 1.61. The van der Waals surface area contributed by atoms with Crippen LogP contribution < -0.4 is 15.8 Å². The van der Waals surface area contributed by atoms with Crippen molar-refractivity contribution in [1.82, 2.24) is 4.57 Å². The zero-order valence-corrected chi connectivity index (χ0v) is 14.4. The van der Waals surface area contributed by atoms with Gasteiger partial charge in [-0.05, 0) is 37.3 Å². The molecule has 0 aliphatic rings. The molecule has 0 saturated heterocycles. The van der Waals surface area contributed by atoms with E-state index in [0.29, 0.717) is 34.2 Å². The molecule has 0 spiro atoms. The van der Waals surface area contributed by atoms with Crippen LogP contribution in [0.4, 0.5) is 5.69 Å². The second kappa shape index (κ2) is 7.44. The summed E-state index contributed by atoms with van der Waals surface area (Å²) in [6.07, 6.45) is 0.113. The minimum atomic E-state index is -0.514. The van der Waals surface area contributed by atoms with Gasteiger partial charge in [-0.25, -0.2) is 4.79 Å². The number of hydrogen-bond acceptors (Lipinski definition) is 4. The maximum Gasteiger partial charge on any atom is 0.419 e. The Balaban J connectivity index is 1.72. The summed E-state index contributed by atoms with van der Waals surface area (Å²) in [5.74, 6) is -0.133. The highest BCUT2D eigenvalue weighted by Crippen LogP contribution is 2.24. The maximum absolute atomic E-state index is 12.2. The summed E-state index contributed by atoms with van der Waals surface area (Å²) in [5, 5.41) is 3.30. The highest BCUT2D eigenvalue weighted by Gasteiger charge is 2.12. The van der Waals surface area contributed by atoms with E-state index in [1.54, 1.807) is 30.3 Å². The van der Waals surface area contributed by atoms with Gasteiger partial charge in [0.2, 0.25) is 5.91 Å². The Labute approximate surface area is 149 Å². The lowest BCUT2D eigenvalue weighted by molar-refractivity contribution is -0.116. The molecular formula is C18H17ClN2O4. The summed E-state index contributed by atoms with van der Waals surface area (Å²) >= 11 is 5.97. The van der Waals surface area contributed by atoms with Crippen LogP contribution in [-0.2, 0) is 11.3 Å². The Kier molecular flexibility index (Phi) is 5.09. The number of nitrogens with zero attached hydrogens (tertiary/aromatic N) is 1. The van der Waals surface area contributed by atoms with Crippen LogP contribution in [0.3, 0.4) is 0 Å². The molecule has 0 atom stereocenters. The smallest absolute Gasteiger partial charge is 0.419 e. The first kappa shape index (κ1) is 17.1. The van der Waals surface area contributed by atoms with Crippen molar-refractivity contribution in [3.8, 4) is 5.75 Å². The summed E-state index contributed by atoms with van der Waals surface area (Å²) in [6.45, 7) is 2.57. The molecule has 25 heavy (non-hydrogen) atoms. The molecule has 1 aromatic heterocycles. The van der Waals surface area contributed by atoms with E-state index in [1.807, 2.05) is 19.1 Å². The van der Waals surface area contributed by atoms with Crippen LogP contribution in [0.2, 0.25) is 5.02 Å². The fourth-order valence-electron chi connectivity index (χ4n) is 2.52. The number of anilines is 1. The van der Waals surface area contributed by atoms with E-state index >= 15 is 0 Å². The predicted molar refractivity (Wildman–Crippen MR) is 96.3 cm³/mol. The molecule has 130 valence electrons. The standard InChI is InChI=1S/C18H17ClN2O4/c1-2-24-15-6-4-3-5-13(15)20-17(22)9-10-21-14-11-12(19)7-8-16(14)25-18(21)23/h3-8,11H,2,9-10H2,1H3,(H,20,22). The molecule has 0 unspecified atom stereocenters. The quantitative estimate of drug-likeness (QED) is 0.727. The van der Waals surface area contributed by atoms with E-state index in [1.165, 1.54) is 4.57 Å². The first-order valence-electron chi connectivity index (χ1n) is 7.89. The number of carbonyl (C=O) groups excluding carboxylic acids is 1. The third-order valence-corrected chi connectivity index (χ3v) is 3.89. The largest absolute Gasteiger partial charge is 0.492 e. The van der Waals surface area contributed by atoms with Crippen LogP contribution in [-0.4, -0.2) is 17.1 Å². The predicted octanol–water partition coefficient (Wildman–Crippen LogP) is 3.68. The minimum absolute atomic E-state index is 0.113. The average molecular weight is 361 g/mol. The van der Waals surface area contributed by atoms with E-state index in [4.69, 9.17) is 20.8 Å². The zero-order valence-electron chi connectivity index (χ0n) is 13.6. The molecular weight excluding hydrogens is 344 g/mol. The van der Waals surface area contributed by atoms with Gasteiger partial charge in [-0.2, -0.15) is 0 Å². The van der Waals surface area contributed by atoms with Crippen LogP contribution >= 0.6 is 11.6 Å². The minimum Gasteiger partial charge on any atom is -0.492 e. The van der Waals surface area contributed by atoms with E-state index in [0.717, 1.165) is 0 Å². The number of hydrogen-bond donors (Lipinski definition) is 1. The van der Waals surface area contributed by atoms with Gasteiger partial charge >= 0.3 is 5.76 Å². The second-order valence-electron chi connectivity index (χ2n) is 5.36. The van der Waals surface area contributed by atoms with Gasteiger partial charge in [-0.1, -0.05) is 23.7 Å². The number of aromatic nitrogens is 1. The van der Waals surface area contributed by atoms with Crippen molar-refractivity contribution in [1.29, 1.82) is 0 Å². The van der Waals surface area contributed by atoms with Gasteiger partial charge in [-0.3, -0.25) is 9.36 Å². The number of para-hydroxylation sites is 2. The maximum atomic E-state index is 12.2. The number of rotatable bonds is 6. The van der Waals surface area contributed by atoms with Crippen LogP contribution in [0.15, 0.2) is 51.7 Å². The number of fused-ring (bicyclic) bond motifs is 1. The Morgan fingerprint density at radius 2 is 2.08 bits per heavy atom. The van der Waals surface area contributed by atoms with E-state index in [-0.39, 0.29) is 18.9 Å². The average Bonchev–Trinajstić information content (AvgIpc) is 2.89. The molecule has 2 aromatic carbocycles. The number of benzene rings is 2. The van der Waals surface area contributed by atoms with Gasteiger partial charge < -0.3 is 14.5 Å². The van der Waals surface area contributed by atoms with Crippen molar-refractivity contribution < 1.29 is 13.9 Å². The number of carbonyl (C=O) groups is 1. The van der Waals surface area contributed by atoms with Crippen molar-refractivity contribution in [2.24, 2.45) is 0 Å². The monoisotopic (exact) mass is 360 g/mol. The molecule has 0 fully saturated rings. The molecule has 6 nitrogen and oxygen atoms in total. The van der Waals surface area contributed by atoms with E-state index < -0.39 is 5.76 Å². The fraction of sp³-hybridized carbons (Fsp3) is 0.222. The van der Waals surface area contributed by atoms with Crippen molar-refractivity contribution in [2.45, 2.75) is 19.9 Å². The Morgan fingerprint density at radius 1 is 1.28 bits per heavy atom. The number of aryl methyl sites for hydroxylation is 1. The van der Waals surface area contributed by atoms with Gasteiger partial charge in [-0.15, -0.1) is 0 Å². The highest BCUT2D eigenvalue weighted by atomic mass is 35.5. The van der Waals surface area contributed by atoms with Crippen molar-refractivity contribution >= 4 is 34.3 Å². The molecule has 0 aliphatic heterocycles. The van der Waals surface area contributed by atoms with E-state index in [2.05, 4.69) is 5.32 Å². The normalized spacial score (nSPS) is 10.8. The lowest BCUT2D eigenvalue weighted by Crippen LogP contribution is -2.20. The SMILES string of the molecule is CCOc1ccccc1NC(=O)CCn1c(=O)oc2ccc(Cl)cc21. The molecule has 0 radical (unpaired) electrons. The molecule has 7 heteroatoms. The van der Waals surface area contributed by atoms with Gasteiger partial charge in [0.05, 0.1) is 17.8 Å². The van der Waals surface area contributed by atoms with Crippen LogP contribution in [0.1, 0.15) is 13.3 Å². The first-order chi connectivity index (χ1) is 12.1. The van der Waals surface area contributed by atoms with Crippen molar-refractivity contribution in [2.75, 3.05) is 11.9 Å². The molecule has 3 aromatic rings. The number of halogens is 1. The van der Waals surface area contributed by atoms with Crippen molar-refractivity contribution in [3.05, 3.63) is 58.0 Å². The summed E-state index contributed by atoms with van der Waals surface area (Å²) in [6, 6.07) is 12.1.